The summed E-state index contributed by atoms with van der Waals surface area (Å²) in [7, 11) is -3.38. The average molecular weight is 346 g/mol. The first-order chi connectivity index (χ1) is 11.3. The van der Waals surface area contributed by atoms with Gasteiger partial charge in [0.2, 0.25) is 10.0 Å². The van der Waals surface area contributed by atoms with E-state index in [0.717, 1.165) is 16.8 Å². The molecule has 24 heavy (non-hydrogen) atoms. The molecule has 2 rings (SSSR count). The number of anilines is 2. The predicted molar refractivity (Wildman–Crippen MR) is 98.0 cm³/mol. The Morgan fingerprint density at radius 3 is 2.54 bits per heavy atom. The highest BCUT2D eigenvalue weighted by molar-refractivity contribution is 7.92. The highest BCUT2D eigenvalue weighted by atomic mass is 32.2. The molecule has 0 unspecified atom stereocenters. The maximum atomic E-state index is 12.4. The minimum Gasteiger partial charge on any atom is -0.322 e. The predicted octanol–water partition coefficient (Wildman–Crippen LogP) is 3.71. The van der Waals surface area contributed by atoms with Crippen molar-refractivity contribution < 1.29 is 13.2 Å². The molecule has 1 amide bonds. The van der Waals surface area contributed by atoms with Gasteiger partial charge < -0.3 is 5.32 Å². The molecule has 128 valence electrons. The fourth-order valence-electron chi connectivity index (χ4n) is 2.29. The summed E-state index contributed by atoms with van der Waals surface area (Å²) in [4.78, 5) is 12.4. The highest BCUT2D eigenvalue weighted by Gasteiger charge is 2.12. The molecule has 2 aromatic rings. The van der Waals surface area contributed by atoms with Crippen LogP contribution in [0.1, 0.15) is 34.8 Å². The lowest BCUT2D eigenvalue weighted by atomic mass is 10.1. The quantitative estimate of drug-likeness (QED) is 0.837. The van der Waals surface area contributed by atoms with Crippen LogP contribution >= 0.6 is 0 Å². The van der Waals surface area contributed by atoms with Crippen LogP contribution in [0.15, 0.2) is 42.5 Å². The summed E-state index contributed by atoms with van der Waals surface area (Å²) in [6.07, 6.45) is 0.530. The topological polar surface area (TPSA) is 75.3 Å². The molecule has 0 aliphatic rings. The van der Waals surface area contributed by atoms with Crippen molar-refractivity contribution in [2.24, 2.45) is 0 Å². The zero-order valence-electron chi connectivity index (χ0n) is 14.1. The molecular formula is C18H22N2O3S. The van der Waals surface area contributed by atoms with Gasteiger partial charge in [-0.25, -0.2) is 8.42 Å². The SMILES string of the molecule is CCCS(=O)(=O)Nc1cccc(C(=O)Nc2cc(C)ccc2C)c1. The maximum absolute atomic E-state index is 12.4. The van der Waals surface area contributed by atoms with Crippen LogP contribution in [0.5, 0.6) is 0 Å². The molecule has 0 atom stereocenters. The van der Waals surface area contributed by atoms with Crippen LogP contribution in [0.4, 0.5) is 11.4 Å². The molecule has 5 nitrogen and oxygen atoms in total. The number of sulfonamides is 1. The number of hydrogen-bond donors (Lipinski definition) is 2. The normalized spacial score (nSPS) is 11.1. The molecule has 0 saturated carbocycles. The van der Waals surface area contributed by atoms with E-state index in [2.05, 4.69) is 10.0 Å². The van der Waals surface area contributed by atoms with Crippen LogP contribution in [0, 0.1) is 13.8 Å². The molecular weight excluding hydrogens is 324 g/mol. The number of hydrogen-bond acceptors (Lipinski definition) is 3. The van der Waals surface area contributed by atoms with Crippen LogP contribution < -0.4 is 10.0 Å². The summed E-state index contributed by atoms with van der Waals surface area (Å²) < 4.78 is 26.2. The van der Waals surface area contributed by atoms with Gasteiger partial charge in [0.15, 0.2) is 0 Å². The summed E-state index contributed by atoms with van der Waals surface area (Å²) in [5.74, 6) is -0.230. The second-order valence-corrected chi connectivity index (χ2v) is 7.62. The minimum absolute atomic E-state index is 0.0475. The van der Waals surface area contributed by atoms with E-state index >= 15 is 0 Å². The van der Waals surface area contributed by atoms with E-state index in [9.17, 15) is 13.2 Å². The Hall–Kier alpha value is -2.34. The lowest BCUT2D eigenvalue weighted by Gasteiger charge is -2.11. The van der Waals surface area contributed by atoms with E-state index < -0.39 is 10.0 Å². The Bertz CT molecular complexity index is 845. The van der Waals surface area contributed by atoms with Crippen molar-refractivity contribution in [3.05, 3.63) is 59.2 Å². The van der Waals surface area contributed by atoms with Crippen molar-refractivity contribution in [1.29, 1.82) is 0 Å². The number of nitrogens with one attached hydrogen (secondary N) is 2. The molecule has 0 aromatic heterocycles. The average Bonchev–Trinajstić information content (AvgIpc) is 2.50. The summed E-state index contributed by atoms with van der Waals surface area (Å²) in [6.45, 7) is 5.68. The van der Waals surface area contributed by atoms with Gasteiger partial charge in [0.1, 0.15) is 0 Å². The van der Waals surface area contributed by atoms with Crippen LogP contribution in [-0.2, 0) is 10.0 Å². The standard InChI is InChI=1S/C18H22N2O3S/c1-4-10-24(22,23)20-16-7-5-6-15(12-16)18(21)19-17-11-13(2)8-9-14(17)3/h5-9,11-12,20H,4,10H2,1-3H3,(H,19,21). The van der Waals surface area contributed by atoms with Gasteiger partial charge in [-0.2, -0.15) is 0 Å². The van der Waals surface area contributed by atoms with Crippen molar-refractivity contribution in [2.75, 3.05) is 15.8 Å². The van der Waals surface area contributed by atoms with Crippen molar-refractivity contribution in [3.63, 3.8) is 0 Å². The van der Waals surface area contributed by atoms with E-state index in [1.807, 2.05) is 32.0 Å². The van der Waals surface area contributed by atoms with Gasteiger partial charge in [-0.1, -0.05) is 25.1 Å². The van der Waals surface area contributed by atoms with Crippen molar-refractivity contribution >= 4 is 27.3 Å². The van der Waals surface area contributed by atoms with Crippen LogP contribution in [0.3, 0.4) is 0 Å². The van der Waals surface area contributed by atoms with Crippen molar-refractivity contribution in [3.8, 4) is 0 Å². The van der Waals surface area contributed by atoms with Gasteiger partial charge in [0.25, 0.3) is 5.91 Å². The zero-order valence-corrected chi connectivity index (χ0v) is 14.9. The molecule has 6 heteroatoms. The number of amides is 1. The lowest BCUT2D eigenvalue weighted by Crippen LogP contribution is -2.17. The van der Waals surface area contributed by atoms with E-state index in [1.54, 1.807) is 25.1 Å². The van der Waals surface area contributed by atoms with Gasteiger partial charge >= 0.3 is 0 Å². The minimum atomic E-state index is -3.38. The Morgan fingerprint density at radius 1 is 1.08 bits per heavy atom. The van der Waals surface area contributed by atoms with Crippen LogP contribution in [0.25, 0.3) is 0 Å². The Kier molecular flexibility index (Phi) is 5.62. The van der Waals surface area contributed by atoms with E-state index in [-0.39, 0.29) is 11.7 Å². The molecule has 2 aromatic carbocycles. The van der Waals surface area contributed by atoms with Gasteiger partial charge in [-0.3, -0.25) is 9.52 Å². The van der Waals surface area contributed by atoms with Gasteiger partial charge in [-0.05, 0) is 55.7 Å². The molecule has 0 spiro atoms. The Labute approximate surface area is 143 Å². The summed E-state index contributed by atoms with van der Waals surface area (Å²) in [5.41, 5.74) is 3.55. The largest absolute Gasteiger partial charge is 0.322 e. The number of rotatable bonds is 6. The zero-order chi connectivity index (χ0) is 17.7. The first-order valence-electron chi connectivity index (χ1n) is 7.80. The third-order valence-corrected chi connectivity index (χ3v) is 5.00. The fourth-order valence-corrected chi connectivity index (χ4v) is 3.41. The molecule has 0 saturated heterocycles. The third kappa shape index (κ3) is 4.83. The molecule has 0 aliphatic carbocycles. The van der Waals surface area contributed by atoms with E-state index in [1.165, 1.54) is 6.07 Å². The number of aryl methyl sites for hydroxylation is 2. The van der Waals surface area contributed by atoms with Gasteiger partial charge in [-0.15, -0.1) is 0 Å². The van der Waals surface area contributed by atoms with Crippen LogP contribution in [-0.4, -0.2) is 20.1 Å². The number of benzene rings is 2. The summed E-state index contributed by atoms with van der Waals surface area (Å²) in [6, 6.07) is 12.3. The molecule has 2 N–H and O–H groups in total. The molecule has 0 bridgehead atoms. The molecule has 0 heterocycles. The monoisotopic (exact) mass is 346 g/mol. The van der Waals surface area contributed by atoms with Crippen molar-refractivity contribution in [2.45, 2.75) is 27.2 Å². The van der Waals surface area contributed by atoms with E-state index in [0.29, 0.717) is 17.7 Å². The highest BCUT2D eigenvalue weighted by Crippen LogP contribution is 2.19. The first-order valence-corrected chi connectivity index (χ1v) is 9.45. The third-order valence-electron chi connectivity index (χ3n) is 3.51. The smallest absolute Gasteiger partial charge is 0.255 e. The van der Waals surface area contributed by atoms with Crippen molar-refractivity contribution in [1.82, 2.24) is 0 Å². The van der Waals surface area contributed by atoms with Gasteiger partial charge in [0.05, 0.1) is 5.75 Å². The number of carbonyl (C=O) groups excluding carboxylic acids is 1. The number of carbonyl (C=O) groups is 1. The fraction of sp³-hybridized carbons (Fsp3) is 0.278. The first kappa shape index (κ1) is 18.0. The Balaban J connectivity index is 2.19. The molecule has 0 radical (unpaired) electrons. The van der Waals surface area contributed by atoms with Crippen LogP contribution in [0.2, 0.25) is 0 Å². The maximum Gasteiger partial charge on any atom is 0.255 e. The molecule has 0 aliphatic heterocycles. The molecule has 0 fully saturated rings. The van der Waals surface area contributed by atoms with Gasteiger partial charge in [0, 0.05) is 16.9 Å². The summed E-state index contributed by atoms with van der Waals surface area (Å²) >= 11 is 0. The second-order valence-electron chi connectivity index (χ2n) is 5.77. The Morgan fingerprint density at radius 2 is 1.83 bits per heavy atom. The summed E-state index contributed by atoms with van der Waals surface area (Å²) in [5, 5.41) is 2.87. The lowest BCUT2D eigenvalue weighted by molar-refractivity contribution is 0.102. The second kappa shape index (κ2) is 7.49. The van der Waals surface area contributed by atoms with E-state index in [4.69, 9.17) is 0 Å².